The topological polar surface area (TPSA) is 54.0 Å². The van der Waals surface area contributed by atoms with E-state index >= 15 is 0 Å². The summed E-state index contributed by atoms with van der Waals surface area (Å²) in [6.45, 7) is 11.9. The number of amides is 1. The molecule has 2 saturated heterocycles. The fourth-order valence-corrected chi connectivity index (χ4v) is 5.90. The second-order valence-electron chi connectivity index (χ2n) is 11.2. The summed E-state index contributed by atoms with van der Waals surface area (Å²) in [7, 11) is 4.02. The minimum atomic E-state index is -0.436. The van der Waals surface area contributed by atoms with Crippen molar-refractivity contribution in [2.75, 3.05) is 40.3 Å². The molecule has 2 heterocycles. The van der Waals surface area contributed by atoms with E-state index in [1.165, 1.54) is 11.1 Å². The molecule has 0 spiro atoms. The lowest BCUT2D eigenvalue weighted by atomic mass is 9.61. The summed E-state index contributed by atoms with van der Waals surface area (Å²) in [4.78, 5) is 16.8. The number of rotatable bonds is 4. The number of ether oxygens (including phenoxy) is 2. The number of benzene rings is 1. The largest absolute Gasteiger partial charge is 0.497 e. The standard InChI is InChI=1S/C26H41N3O3/c1-25(2,3)32-24(30)29-12-9-18(10-13-29)17-27-23-22-15-19-7-8-20(31-6)16-21(19)26(23,4)11-14-28(22)5/h7-8,16,18,22-23,27H,9-15,17H2,1-6H3/t22-,23?,26-/m1/s1. The molecule has 1 amide bonds. The molecule has 1 N–H and O–H groups in total. The fraction of sp³-hybridized carbons (Fsp3) is 0.731. The van der Waals surface area contributed by atoms with Gasteiger partial charge in [-0.25, -0.2) is 4.79 Å². The highest BCUT2D eigenvalue weighted by Gasteiger charge is 2.49. The molecule has 32 heavy (non-hydrogen) atoms. The zero-order chi connectivity index (χ0) is 23.1. The lowest BCUT2D eigenvalue weighted by molar-refractivity contribution is 0.0174. The predicted octanol–water partition coefficient (Wildman–Crippen LogP) is 3.82. The van der Waals surface area contributed by atoms with Crippen LogP contribution in [0.5, 0.6) is 5.75 Å². The highest BCUT2D eigenvalue weighted by Crippen LogP contribution is 2.45. The number of likely N-dealkylation sites (tertiary alicyclic amines) is 2. The minimum Gasteiger partial charge on any atom is -0.497 e. The van der Waals surface area contributed by atoms with Crippen LogP contribution >= 0.6 is 0 Å². The molecule has 3 aliphatic rings. The van der Waals surface area contributed by atoms with E-state index in [0.717, 1.165) is 57.6 Å². The first-order valence-electron chi connectivity index (χ1n) is 12.2. The monoisotopic (exact) mass is 443 g/mol. The van der Waals surface area contributed by atoms with Crippen LogP contribution in [-0.4, -0.2) is 73.9 Å². The second kappa shape index (κ2) is 8.86. The van der Waals surface area contributed by atoms with E-state index in [-0.39, 0.29) is 11.5 Å². The van der Waals surface area contributed by atoms with Crippen molar-refractivity contribution >= 4 is 6.09 Å². The maximum Gasteiger partial charge on any atom is 0.410 e. The smallest absolute Gasteiger partial charge is 0.410 e. The van der Waals surface area contributed by atoms with Crippen molar-refractivity contribution in [3.8, 4) is 5.75 Å². The molecule has 178 valence electrons. The van der Waals surface area contributed by atoms with Crippen molar-refractivity contribution in [2.24, 2.45) is 5.92 Å². The van der Waals surface area contributed by atoms with Gasteiger partial charge in [0.25, 0.3) is 0 Å². The number of piperidine rings is 2. The van der Waals surface area contributed by atoms with Gasteiger partial charge in [-0.3, -0.25) is 0 Å². The number of nitrogens with zero attached hydrogens (tertiary/aromatic N) is 2. The Kier molecular flexibility index (Phi) is 6.47. The molecule has 6 heteroatoms. The Bertz CT molecular complexity index is 828. The Morgan fingerprint density at radius 1 is 1.22 bits per heavy atom. The zero-order valence-electron chi connectivity index (χ0n) is 20.7. The highest BCUT2D eigenvalue weighted by molar-refractivity contribution is 5.68. The molecule has 2 fully saturated rings. The summed E-state index contributed by atoms with van der Waals surface area (Å²) in [5, 5.41) is 4.01. The number of carbonyl (C=O) groups excluding carboxylic acids is 1. The minimum absolute atomic E-state index is 0.108. The van der Waals surface area contributed by atoms with E-state index in [1.54, 1.807) is 7.11 Å². The molecule has 2 bridgehead atoms. The van der Waals surface area contributed by atoms with Crippen LogP contribution in [0, 0.1) is 5.92 Å². The molecule has 0 saturated carbocycles. The lowest BCUT2D eigenvalue weighted by Gasteiger charge is -2.55. The second-order valence-corrected chi connectivity index (χ2v) is 11.2. The molecule has 0 radical (unpaired) electrons. The van der Waals surface area contributed by atoms with Crippen molar-refractivity contribution in [3.63, 3.8) is 0 Å². The van der Waals surface area contributed by atoms with Gasteiger partial charge in [-0.1, -0.05) is 13.0 Å². The van der Waals surface area contributed by atoms with Crippen LogP contribution in [0.25, 0.3) is 0 Å². The van der Waals surface area contributed by atoms with E-state index < -0.39 is 5.60 Å². The molecule has 1 aromatic rings. The Labute approximate surface area is 193 Å². The van der Waals surface area contributed by atoms with Crippen LogP contribution in [0.1, 0.15) is 58.1 Å². The van der Waals surface area contributed by atoms with Gasteiger partial charge in [-0.15, -0.1) is 0 Å². The molecular formula is C26H41N3O3. The number of carbonyl (C=O) groups is 1. The zero-order valence-corrected chi connectivity index (χ0v) is 20.7. The Balaban J connectivity index is 1.41. The van der Waals surface area contributed by atoms with Crippen LogP contribution < -0.4 is 10.1 Å². The van der Waals surface area contributed by atoms with Gasteiger partial charge in [0.2, 0.25) is 0 Å². The Morgan fingerprint density at radius 2 is 1.94 bits per heavy atom. The van der Waals surface area contributed by atoms with Crippen molar-refractivity contribution in [2.45, 2.75) is 76.5 Å². The third kappa shape index (κ3) is 4.62. The van der Waals surface area contributed by atoms with E-state index in [0.29, 0.717) is 18.0 Å². The van der Waals surface area contributed by atoms with E-state index in [1.807, 2.05) is 25.7 Å². The first-order chi connectivity index (χ1) is 15.1. The van der Waals surface area contributed by atoms with Crippen molar-refractivity contribution in [3.05, 3.63) is 29.3 Å². The Morgan fingerprint density at radius 3 is 2.59 bits per heavy atom. The number of hydrogen-bond acceptors (Lipinski definition) is 5. The first-order valence-corrected chi connectivity index (χ1v) is 12.2. The van der Waals surface area contributed by atoms with Gasteiger partial charge < -0.3 is 24.6 Å². The molecule has 2 aliphatic heterocycles. The van der Waals surface area contributed by atoms with Crippen LogP contribution in [0.2, 0.25) is 0 Å². The molecule has 1 aliphatic carbocycles. The number of nitrogens with one attached hydrogen (secondary N) is 1. The van der Waals surface area contributed by atoms with Crippen molar-refractivity contribution < 1.29 is 14.3 Å². The molecule has 1 unspecified atom stereocenters. The molecule has 6 nitrogen and oxygen atoms in total. The van der Waals surface area contributed by atoms with E-state index in [2.05, 4.69) is 42.4 Å². The molecule has 1 aromatic carbocycles. The summed E-state index contributed by atoms with van der Waals surface area (Å²) < 4.78 is 11.1. The Hall–Kier alpha value is -1.79. The van der Waals surface area contributed by atoms with E-state index in [4.69, 9.17) is 9.47 Å². The van der Waals surface area contributed by atoms with Crippen LogP contribution in [0.15, 0.2) is 18.2 Å². The first kappa shape index (κ1) is 23.4. The number of fused-ring (bicyclic) bond motifs is 4. The third-order valence-corrected chi connectivity index (χ3v) is 7.88. The van der Waals surface area contributed by atoms with Gasteiger partial charge in [-0.2, -0.15) is 0 Å². The van der Waals surface area contributed by atoms with Crippen molar-refractivity contribution in [1.82, 2.24) is 15.1 Å². The van der Waals surface area contributed by atoms with Gasteiger partial charge in [-0.05, 0) is 95.8 Å². The van der Waals surface area contributed by atoms with Gasteiger partial charge >= 0.3 is 6.09 Å². The maximum atomic E-state index is 12.4. The summed E-state index contributed by atoms with van der Waals surface area (Å²) in [5.74, 6) is 1.55. The average molecular weight is 444 g/mol. The molecule has 4 rings (SSSR count). The maximum absolute atomic E-state index is 12.4. The van der Waals surface area contributed by atoms with Gasteiger partial charge in [0, 0.05) is 30.6 Å². The van der Waals surface area contributed by atoms with Gasteiger partial charge in [0.05, 0.1) is 7.11 Å². The summed E-state index contributed by atoms with van der Waals surface area (Å²) in [6.07, 6.45) is 4.11. The summed E-state index contributed by atoms with van der Waals surface area (Å²) in [6, 6.07) is 7.57. The number of methoxy groups -OCH3 is 1. The summed E-state index contributed by atoms with van der Waals surface area (Å²) >= 11 is 0. The summed E-state index contributed by atoms with van der Waals surface area (Å²) in [5.41, 5.74) is 2.60. The van der Waals surface area contributed by atoms with Gasteiger partial charge in [0.15, 0.2) is 0 Å². The molecule has 0 aromatic heterocycles. The average Bonchev–Trinajstić information content (AvgIpc) is 2.75. The van der Waals surface area contributed by atoms with Crippen molar-refractivity contribution in [1.29, 1.82) is 0 Å². The number of likely N-dealkylation sites (N-methyl/N-ethyl adjacent to an activating group) is 1. The van der Waals surface area contributed by atoms with Crippen LogP contribution in [-0.2, 0) is 16.6 Å². The lowest BCUT2D eigenvalue weighted by Crippen LogP contribution is -2.66. The quantitative estimate of drug-likeness (QED) is 0.767. The fourth-order valence-electron chi connectivity index (χ4n) is 5.90. The molecule has 3 atom stereocenters. The normalized spacial score (nSPS) is 28.9. The van der Waals surface area contributed by atoms with E-state index in [9.17, 15) is 4.79 Å². The van der Waals surface area contributed by atoms with Crippen LogP contribution in [0.4, 0.5) is 4.79 Å². The van der Waals surface area contributed by atoms with Crippen LogP contribution in [0.3, 0.4) is 0 Å². The SMILES string of the molecule is COc1ccc2c(c1)[C@@]1(C)CCN(C)[C@H](C2)C1NCC1CCN(C(=O)OC(C)(C)C)CC1. The number of hydrogen-bond donors (Lipinski definition) is 1. The highest BCUT2D eigenvalue weighted by atomic mass is 16.6. The molecular weight excluding hydrogens is 402 g/mol. The predicted molar refractivity (Wildman–Crippen MR) is 127 cm³/mol. The third-order valence-electron chi connectivity index (χ3n) is 7.88. The van der Waals surface area contributed by atoms with Gasteiger partial charge in [0.1, 0.15) is 11.4 Å².